The van der Waals surface area contributed by atoms with Crippen molar-refractivity contribution in [3.8, 4) is 5.75 Å². The van der Waals surface area contributed by atoms with Crippen molar-refractivity contribution in [1.82, 2.24) is 5.32 Å². The summed E-state index contributed by atoms with van der Waals surface area (Å²) in [7, 11) is 0. The van der Waals surface area contributed by atoms with Gasteiger partial charge in [0.25, 0.3) is 5.91 Å². The van der Waals surface area contributed by atoms with E-state index in [2.05, 4.69) is 10.6 Å². The predicted molar refractivity (Wildman–Crippen MR) is 113 cm³/mol. The first-order valence-corrected chi connectivity index (χ1v) is 10.3. The Bertz CT molecular complexity index is 955. The Morgan fingerprint density at radius 3 is 2.70 bits per heavy atom. The molecule has 1 saturated carbocycles. The van der Waals surface area contributed by atoms with Crippen LogP contribution in [0.3, 0.4) is 0 Å². The summed E-state index contributed by atoms with van der Waals surface area (Å²) in [4.78, 5) is 37.7. The van der Waals surface area contributed by atoms with Gasteiger partial charge in [0.15, 0.2) is 6.61 Å². The normalized spacial score (nSPS) is 15.7. The van der Waals surface area contributed by atoms with Crippen molar-refractivity contribution in [2.45, 2.75) is 32.2 Å². The van der Waals surface area contributed by atoms with Gasteiger partial charge < -0.3 is 20.3 Å². The molecule has 4 rings (SSSR count). The van der Waals surface area contributed by atoms with Gasteiger partial charge in [-0.3, -0.25) is 14.4 Å². The molecule has 2 aliphatic rings. The largest absolute Gasteiger partial charge is 0.484 e. The molecule has 7 nitrogen and oxygen atoms in total. The number of benzene rings is 2. The molecule has 0 radical (unpaired) electrons. The number of hydrogen-bond acceptors (Lipinski definition) is 4. The molecule has 1 aliphatic heterocycles. The lowest BCUT2D eigenvalue weighted by molar-refractivity contribution is -0.123. The van der Waals surface area contributed by atoms with E-state index in [-0.39, 0.29) is 30.2 Å². The van der Waals surface area contributed by atoms with E-state index in [4.69, 9.17) is 4.74 Å². The van der Waals surface area contributed by atoms with Gasteiger partial charge in [0.1, 0.15) is 5.75 Å². The summed E-state index contributed by atoms with van der Waals surface area (Å²) in [5.74, 6) is 0.573. The minimum absolute atomic E-state index is 0.0303. The number of nitrogens with one attached hydrogen (secondary N) is 2. The zero-order valence-corrected chi connectivity index (χ0v) is 16.7. The number of anilines is 2. The molecule has 1 saturated heterocycles. The molecule has 2 aromatic rings. The zero-order valence-electron chi connectivity index (χ0n) is 16.7. The maximum Gasteiger partial charge on any atom is 0.258 e. The Labute approximate surface area is 175 Å². The van der Waals surface area contributed by atoms with Gasteiger partial charge in [0, 0.05) is 42.9 Å². The first kappa shape index (κ1) is 19.9. The van der Waals surface area contributed by atoms with Crippen LogP contribution >= 0.6 is 0 Å². The molecule has 0 bridgehead atoms. The number of hydrogen-bond donors (Lipinski definition) is 2. The first-order valence-electron chi connectivity index (χ1n) is 10.3. The average Bonchev–Trinajstić information content (AvgIpc) is 3.52. The third-order valence-electron chi connectivity index (χ3n) is 5.20. The van der Waals surface area contributed by atoms with Gasteiger partial charge in [0.2, 0.25) is 11.8 Å². The van der Waals surface area contributed by atoms with E-state index < -0.39 is 0 Å². The second kappa shape index (κ2) is 8.98. The van der Waals surface area contributed by atoms with E-state index in [9.17, 15) is 14.4 Å². The number of rotatable bonds is 8. The van der Waals surface area contributed by atoms with Crippen LogP contribution in [0.1, 0.15) is 31.2 Å². The molecule has 0 spiro atoms. The molecular formula is C23H25N3O4. The summed E-state index contributed by atoms with van der Waals surface area (Å²) in [5, 5.41) is 5.69. The van der Waals surface area contributed by atoms with Crippen LogP contribution in [-0.4, -0.2) is 30.9 Å². The van der Waals surface area contributed by atoms with Gasteiger partial charge in [-0.15, -0.1) is 0 Å². The standard InChI is InChI=1S/C23H25N3O4/c27-21(15-30-20-7-2-5-18(13-20)25-23(29)17-9-10-17)24-14-16-4-1-6-19(12-16)26-11-3-8-22(26)28/h1-2,4-7,12-13,17H,3,8-11,14-15H2,(H,24,27)(H,25,29). The molecule has 1 aliphatic carbocycles. The number of carbonyl (C=O) groups excluding carboxylic acids is 3. The topological polar surface area (TPSA) is 87.7 Å². The SMILES string of the molecule is O=C(COc1cccc(NC(=O)C2CC2)c1)NCc1cccc(N2CCCC2=O)c1. The quantitative estimate of drug-likeness (QED) is 0.704. The van der Waals surface area contributed by atoms with Crippen molar-refractivity contribution in [3.63, 3.8) is 0 Å². The van der Waals surface area contributed by atoms with E-state index in [1.165, 1.54) is 0 Å². The van der Waals surface area contributed by atoms with E-state index in [1.807, 2.05) is 24.3 Å². The molecule has 2 N–H and O–H groups in total. The molecule has 2 fully saturated rings. The zero-order chi connectivity index (χ0) is 20.9. The van der Waals surface area contributed by atoms with Crippen molar-refractivity contribution in [2.75, 3.05) is 23.4 Å². The van der Waals surface area contributed by atoms with Gasteiger partial charge in [-0.2, -0.15) is 0 Å². The summed E-state index contributed by atoms with van der Waals surface area (Å²) in [5.41, 5.74) is 2.45. The van der Waals surface area contributed by atoms with E-state index in [0.717, 1.165) is 37.1 Å². The summed E-state index contributed by atoms with van der Waals surface area (Å²) in [6, 6.07) is 14.7. The van der Waals surface area contributed by atoms with E-state index in [0.29, 0.717) is 24.4 Å². The van der Waals surface area contributed by atoms with Crippen LogP contribution in [0.25, 0.3) is 0 Å². The molecule has 1 heterocycles. The fraction of sp³-hybridized carbons (Fsp3) is 0.348. The van der Waals surface area contributed by atoms with Gasteiger partial charge in [0.05, 0.1) is 0 Å². The molecule has 7 heteroatoms. The number of nitrogens with zero attached hydrogens (tertiary/aromatic N) is 1. The smallest absolute Gasteiger partial charge is 0.258 e. The fourth-order valence-electron chi connectivity index (χ4n) is 3.41. The minimum atomic E-state index is -0.245. The Morgan fingerprint density at radius 1 is 1.10 bits per heavy atom. The average molecular weight is 407 g/mol. The summed E-state index contributed by atoms with van der Waals surface area (Å²) in [6.45, 7) is 0.975. The van der Waals surface area contributed by atoms with Crippen LogP contribution in [0, 0.1) is 5.92 Å². The Balaban J connectivity index is 1.25. The molecule has 3 amide bonds. The maximum absolute atomic E-state index is 12.2. The molecular weight excluding hydrogens is 382 g/mol. The number of amides is 3. The Hall–Kier alpha value is -3.35. The fourth-order valence-corrected chi connectivity index (χ4v) is 3.41. The lowest BCUT2D eigenvalue weighted by atomic mass is 10.2. The molecule has 0 aromatic heterocycles. The highest BCUT2D eigenvalue weighted by Crippen LogP contribution is 2.30. The maximum atomic E-state index is 12.2. The lowest BCUT2D eigenvalue weighted by Gasteiger charge is -2.16. The van der Waals surface area contributed by atoms with Crippen LogP contribution in [0.15, 0.2) is 48.5 Å². The third-order valence-corrected chi connectivity index (χ3v) is 5.20. The molecule has 0 atom stereocenters. The Kier molecular flexibility index (Phi) is 5.97. The molecule has 30 heavy (non-hydrogen) atoms. The van der Waals surface area contributed by atoms with Gasteiger partial charge >= 0.3 is 0 Å². The van der Waals surface area contributed by atoms with Gasteiger partial charge in [-0.1, -0.05) is 18.2 Å². The van der Waals surface area contributed by atoms with Crippen LogP contribution < -0.4 is 20.3 Å². The summed E-state index contributed by atoms with van der Waals surface area (Å²) in [6.07, 6.45) is 3.35. The molecule has 2 aromatic carbocycles. The van der Waals surface area contributed by atoms with Gasteiger partial charge in [-0.05, 0) is 49.1 Å². The molecule has 0 unspecified atom stereocenters. The highest BCUT2D eigenvalue weighted by molar-refractivity contribution is 5.95. The van der Waals surface area contributed by atoms with Crippen molar-refractivity contribution >= 4 is 29.1 Å². The monoisotopic (exact) mass is 407 g/mol. The third kappa shape index (κ3) is 5.17. The first-order chi connectivity index (χ1) is 14.6. The minimum Gasteiger partial charge on any atom is -0.484 e. The van der Waals surface area contributed by atoms with Crippen molar-refractivity contribution in [2.24, 2.45) is 5.92 Å². The second-order valence-corrected chi connectivity index (χ2v) is 7.68. The van der Waals surface area contributed by atoms with Crippen molar-refractivity contribution in [1.29, 1.82) is 0 Å². The summed E-state index contributed by atoms with van der Waals surface area (Å²) >= 11 is 0. The predicted octanol–water partition coefficient (Wildman–Crippen LogP) is 2.86. The van der Waals surface area contributed by atoms with Crippen LogP contribution in [0.5, 0.6) is 5.75 Å². The summed E-state index contributed by atoms with van der Waals surface area (Å²) < 4.78 is 5.56. The second-order valence-electron chi connectivity index (χ2n) is 7.68. The van der Waals surface area contributed by atoms with E-state index in [1.54, 1.807) is 29.2 Å². The van der Waals surface area contributed by atoms with E-state index >= 15 is 0 Å². The van der Waals surface area contributed by atoms with Crippen molar-refractivity contribution < 1.29 is 19.1 Å². The van der Waals surface area contributed by atoms with Crippen LogP contribution in [-0.2, 0) is 20.9 Å². The lowest BCUT2D eigenvalue weighted by Crippen LogP contribution is -2.28. The van der Waals surface area contributed by atoms with Crippen molar-refractivity contribution in [3.05, 3.63) is 54.1 Å². The highest BCUT2D eigenvalue weighted by Gasteiger charge is 2.29. The Morgan fingerprint density at radius 2 is 1.93 bits per heavy atom. The highest BCUT2D eigenvalue weighted by atomic mass is 16.5. The van der Waals surface area contributed by atoms with Gasteiger partial charge in [-0.25, -0.2) is 0 Å². The number of carbonyl (C=O) groups is 3. The van der Waals surface area contributed by atoms with Crippen LogP contribution in [0.2, 0.25) is 0 Å². The van der Waals surface area contributed by atoms with Crippen LogP contribution in [0.4, 0.5) is 11.4 Å². The number of ether oxygens (including phenoxy) is 1. The molecule has 156 valence electrons.